The number of unbranched alkanes of at least 4 members (excludes halogenated alkanes) is 18. The van der Waals surface area contributed by atoms with Crippen LogP contribution in [0.2, 0.25) is 0 Å². The van der Waals surface area contributed by atoms with Crippen LogP contribution in [0.5, 0.6) is 0 Å². The molecule has 0 atom stereocenters. The number of carbonyl (C=O) groups is 3. The van der Waals surface area contributed by atoms with E-state index in [1.54, 1.807) is 0 Å². The van der Waals surface area contributed by atoms with E-state index in [2.05, 4.69) is 114 Å². The van der Waals surface area contributed by atoms with Gasteiger partial charge in [0.05, 0.1) is 0 Å². The zero-order valence-electron chi connectivity index (χ0n) is 29.0. The predicted octanol–water partition coefficient (Wildman–Crippen LogP) is 11.5. The van der Waals surface area contributed by atoms with Crippen molar-refractivity contribution in [3.8, 4) is 0 Å². The molecule has 0 aliphatic carbocycles. The Kier molecular flexibility index (Phi) is 33.2. The summed E-state index contributed by atoms with van der Waals surface area (Å²) in [6.07, 6.45) is 24.1. The molecular formula is C33H63BiO6S9. The van der Waals surface area contributed by atoms with E-state index in [0.717, 1.165) is 135 Å². The van der Waals surface area contributed by atoms with Gasteiger partial charge in [0.15, 0.2) is 0 Å². The molecule has 0 heterocycles. The second-order valence-corrected chi connectivity index (χ2v) is 26.8. The molecule has 0 aromatic heterocycles. The van der Waals surface area contributed by atoms with Crippen LogP contribution >= 0.6 is 114 Å². The summed E-state index contributed by atoms with van der Waals surface area (Å²) in [4.78, 5) is 37.8. The maximum absolute atomic E-state index is 12.6. The van der Waals surface area contributed by atoms with Gasteiger partial charge < -0.3 is 0 Å². The van der Waals surface area contributed by atoms with Gasteiger partial charge in [-0.15, -0.1) is 0 Å². The molecule has 0 bridgehead atoms. The zero-order chi connectivity index (χ0) is 37.0. The Morgan fingerprint density at radius 1 is 0.327 bits per heavy atom. The normalized spacial score (nSPS) is 12.4. The molecule has 6 nitrogen and oxygen atoms in total. The molecule has 0 aliphatic rings. The Balaban J connectivity index is 4.46. The molecule has 0 aromatic rings. The van der Waals surface area contributed by atoms with Crippen LogP contribution < -0.4 is 0 Å². The first kappa shape index (κ1) is 51.4. The third-order valence-electron chi connectivity index (χ3n) is 7.71. The van der Waals surface area contributed by atoms with Crippen molar-refractivity contribution < 1.29 is 22.8 Å². The Hall–Kier alpha value is 2.44. The first-order valence-electron chi connectivity index (χ1n) is 17.9. The van der Waals surface area contributed by atoms with Crippen LogP contribution in [-0.2, 0) is 22.8 Å². The summed E-state index contributed by atoms with van der Waals surface area (Å²) in [5.74, 6) is -1.37. The first-order valence-corrected chi connectivity index (χ1v) is 26.2. The first-order chi connectivity index (χ1) is 23.0. The topological polar surface area (TPSA) is 78.9 Å². The number of hydrogen-bond acceptors (Lipinski definition) is 15. The van der Waals surface area contributed by atoms with Gasteiger partial charge in [0.2, 0.25) is 0 Å². The second kappa shape index (κ2) is 31.6. The van der Waals surface area contributed by atoms with E-state index in [9.17, 15) is 14.4 Å². The van der Waals surface area contributed by atoms with Gasteiger partial charge in [-0.2, -0.15) is 114 Å². The summed E-state index contributed by atoms with van der Waals surface area (Å²) in [6, 6.07) is 0. The Morgan fingerprint density at radius 2 is 0.510 bits per heavy atom. The van der Waals surface area contributed by atoms with Crippen LogP contribution in [0, 0.1) is 0 Å². The molecule has 0 aliphatic heterocycles. The van der Waals surface area contributed by atoms with E-state index in [-0.39, 0.29) is 19.3 Å². The van der Waals surface area contributed by atoms with Crippen LogP contribution in [-0.4, -0.2) is 51.2 Å². The molecule has 0 rings (SSSR count). The third kappa shape index (κ3) is 41.4. The average molecular weight is 1050 g/mol. The zero-order valence-corrected chi connectivity index (χ0v) is 40.5. The minimum Gasteiger partial charge on any atom is -0.151 e. The molecule has 0 amide bonds. The fraction of sp³-hybridized carbons (Fsp3) is 0.909. The van der Waals surface area contributed by atoms with Gasteiger partial charge >= 0.3 is 247 Å². The van der Waals surface area contributed by atoms with Crippen LogP contribution in [0.4, 0.5) is 0 Å². The average Bonchev–Trinajstić information content (AvgIpc) is 2.96. The molecule has 0 spiro atoms. The van der Waals surface area contributed by atoms with E-state index < -0.39 is 51.2 Å². The standard InChI is InChI=1S/3C11H22O2S3.Bi/c3*12-10(13)8-6-4-2-1-3-5-7-9-11(14,15)16;/h3*14-16H,1-9H2,(H,12,13);/q;;;+3/p-3. The van der Waals surface area contributed by atoms with Gasteiger partial charge in [0.1, 0.15) is 0 Å². The van der Waals surface area contributed by atoms with Gasteiger partial charge in [-0.05, 0) is 0 Å². The SMILES string of the molecule is O=C(CCCCCCCCCC(S)(S)S)[O][Bi]([O]C(=O)CCCCCCCCCC(S)(S)S)[O]C(=O)CCCCCCCCCC(S)(S)S. The van der Waals surface area contributed by atoms with Crippen molar-refractivity contribution in [3.05, 3.63) is 0 Å². The minimum absolute atomic E-state index is 0.219. The summed E-state index contributed by atoms with van der Waals surface area (Å²) >= 11 is 34.7. The Bertz CT molecular complexity index is 758. The second-order valence-electron chi connectivity index (χ2n) is 12.9. The summed E-state index contributed by atoms with van der Waals surface area (Å²) < 4.78 is 15.0. The summed E-state index contributed by atoms with van der Waals surface area (Å²) in [6.45, 7) is 0. The molecule has 0 radical (unpaired) electrons. The van der Waals surface area contributed by atoms with Crippen molar-refractivity contribution in [1.82, 2.24) is 0 Å². The fourth-order valence-corrected chi connectivity index (χ4v) is 9.85. The van der Waals surface area contributed by atoms with Crippen molar-refractivity contribution in [3.63, 3.8) is 0 Å². The van der Waals surface area contributed by atoms with Crippen molar-refractivity contribution in [2.24, 2.45) is 0 Å². The van der Waals surface area contributed by atoms with E-state index in [1.165, 1.54) is 0 Å². The predicted molar refractivity (Wildman–Crippen MR) is 238 cm³/mol. The molecule has 0 fully saturated rings. The molecule has 290 valence electrons. The minimum atomic E-state index is -4.05. The van der Waals surface area contributed by atoms with Gasteiger partial charge in [0, 0.05) is 0 Å². The van der Waals surface area contributed by atoms with Crippen molar-refractivity contribution in [2.45, 2.75) is 184 Å². The summed E-state index contributed by atoms with van der Waals surface area (Å²) in [5, 5.41) is 0. The molecule has 16 heteroatoms. The van der Waals surface area contributed by atoms with E-state index in [0.29, 0.717) is 19.3 Å². The smallest absolute Gasteiger partial charge is 0.151 e. The van der Waals surface area contributed by atoms with Crippen molar-refractivity contribution in [2.75, 3.05) is 0 Å². The Labute approximate surface area is 357 Å². The molecule has 0 aromatic carbocycles. The molecule has 0 N–H and O–H groups in total. The number of hydrogen-bond donors (Lipinski definition) is 9. The summed E-state index contributed by atoms with van der Waals surface area (Å²) in [5.41, 5.74) is 0. The van der Waals surface area contributed by atoms with Crippen LogP contribution in [0.3, 0.4) is 0 Å². The molecule has 49 heavy (non-hydrogen) atoms. The van der Waals surface area contributed by atoms with E-state index in [1.807, 2.05) is 0 Å². The number of thiol groups is 9. The monoisotopic (exact) mass is 1050 g/mol. The van der Waals surface area contributed by atoms with Gasteiger partial charge in [-0.25, -0.2) is 0 Å². The van der Waals surface area contributed by atoms with Gasteiger partial charge in [0.25, 0.3) is 0 Å². The third-order valence-corrected chi connectivity index (χ3v) is 13.8. The maximum atomic E-state index is 12.6. The molecule has 0 saturated carbocycles. The number of carbonyl (C=O) groups excluding carboxylic acids is 3. The van der Waals surface area contributed by atoms with Crippen LogP contribution in [0.25, 0.3) is 0 Å². The van der Waals surface area contributed by atoms with Crippen LogP contribution in [0.15, 0.2) is 0 Å². The van der Waals surface area contributed by atoms with Crippen LogP contribution in [0.1, 0.15) is 173 Å². The van der Waals surface area contributed by atoms with E-state index in [4.69, 9.17) is 8.44 Å². The molecule has 0 unspecified atom stereocenters. The Morgan fingerprint density at radius 3 is 0.714 bits per heavy atom. The van der Waals surface area contributed by atoms with E-state index >= 15 is 0 Å². The number of rotatable bonds is 33. The van der Waals surface area contributed by atoms with Crippen molar-refractivity contribution >= 4 is 155 Å². The fourth-order valence-electron chi connectivity index (χ4n) is 4.99. The van der Waals surface area contributed by atoms with Gasteiger partial charge in [-0.1, -0.05) is 0 Å². The van der Waals surface area contributed by atoms with Gasteiger partial charge in [-0.3, -0.25) is 0 Å². The van der Waals surface area contributed by atoms with Crippen molar-refractivity contribution in [1.29, 1.82) is 0 Å². The summed E-state index contributed by atoms with van der Waals surface area (Å²) in [7, 11) is 0. The molecular weight excluding hydrogens is 990 g/mol. The quantitative estimate of drug-likeness (QED) is 0.0141. The molecule has 0 saturated heterocycles.